The molecule has 0 spiro atoms. The minimum Gasteiger partial charge on any atom is -0.473 e. The van der Waals surface area contributed by atoms with Crippen molar-refractivity contribution in [2.45, 2.75) is 32.4 Å². The van der Waals surface area contributed by atoms with E-state index in [0.717, 1.165) is 13.1 Å². The van der Waals surface area contributed by atoms with Gasteiger partial charge in [0.2, 0.25) is 5.88 Å². The van der Waals surface area contributed by atoms with Gasteiger partial charge < -0.3 is 15.4 Å². The van der Waals surface area contributed by atoms with Gasteiger partial charge in [-0.1, -0.05) is 42.8 Å². The van der Waals surface area contributed by atoms with Gasteiger partial charge in [0.15, 0.2) is 5.11 Å². The second kappa shape index (κ2) is 12.2. The summed E-state index contributed by atoms with van der Waals surface area (Å²) in [6.45, 7) is 5.23. The van der Waals surface area contributed by atoms with E-state index in [2.05, 4.69) is 38.7 Å². The lowest BCUT2D eigenvalue weighted by Crippen LogP contribution is -2.34. The third-order valence-electron chi connectivity index (χ3n) is 4.82. The summed E-state index contributed by atoms with van der Waals surface area (Å²) in [5, 5.41) is 7.00. The maximum Gasteiger partial charge on any atom is 0.213 e. The van der Waals surface area contributed by atoms with Crippen LogP contribution in [0.2, 0.25) is 0 Å². The Morgan fingerprint density at radius 3 is 2.69 bits per heavy atom. The summed E-state index contributed by atoms with van der Waals surface area (Å²) in [6, 6.07) is 14.3. The van der Waals surface area contributed by atoms with Crippen LogP contribution in [0.5, 0.6) is 5.88 Å². The number of hydrogen-bond donors (Lipinski definition) is 2. The number of likely N-dealkylation sites (tertiary alicyclic amines) is 1. The minimum absolute atomic E-state index is 0.492. The second-order valence-corrected chi connectivity index (χ2v) is 7.58. The smallest absolute Gasteiger partial charge is 0.213 e. The first-order chi connectivity index (χ1) is 14.3. The van der Waals surface area contributed by atoms with Crippen molar-refractivity contribution < 1.29 is 4.74 Å². The van der Waals surface area contributed by atoms with Crippen molar-refractivity contribution in [3.05, 3.63) is 71.9 Å². The summed E-state index contributed by atoms with van der Waals surface area (Å²) in [5.74, 6) is 0.678. The van der Waals surface area contributed by atoms with E-state index in [0.29, 0.717) is 24.1 Å². The van der Waals surface area contributed by atoms with Crippen LogP contribution in [-0.2, 0) is 13.1 Å². The van der Waals surface area contributed by atoms with Crippen LogP contribution in [-0.4, -0.2) is 41.2 Å². The lowest BCUT2D eigenvalue weighted by atomic mass is 10.1. The molecule has 0 bridgehead atoms. The van der Waals surface area contributed by atoms with Crippen LogP contribution in [0.4, 0.5) is 0 Å². The fourth-order valence-electron chi connectivity index (χ4n) is 3.28. The molecule has 1 aromatic heterocycles. The zero-order chi connectivity index (χ0) is 20.2. The first-order valence-electron chi connectivity index (χ1n) is 10.3. The molecule has 2 aromatic rings. The largest absolute Gasteiger partial charge is 0.473 e. The first kappa shape index (κ1) is 21.3. The molecule has 1 aliphatic heterocycles. The maximum absolute atomic E-state index is 5.76. The lowest BCUT2D eigenvalue weighted by Gasteiger charge is -2.26. The molecule has 6 heteroatoms. The van der Waals surface area contributed by atoms with Crippen LogP contribution in [0.25, 0.3) is 0 Å². The SMILES string of the molecule is S=C(NCC=CCOc1cc(CN2CCCCC2)ccn1)NCc1ccccc1. The van der Waals surface area contributed by atoms with Gasteiger partial charge in [0.05, 0.1) is 0 Å². The Hall–Kier alpha value is -2.44. The van der Waals surface area contributed by atoms with Crippen molar-refractivity contribution in [1.82, 2.24) is 20.5 Å². The molecule has 0 aliphatic carbocycles. The van der Waals surface area contributed by atoms with Gasteiger partial charge in [0.25, 0.3) is 0 Å². The van der Waals surface area contributed by atoms with Crippen LogP contribution in [0.15, 0.2) is 60.8 Å². The molecule has 1 fully saturated rings. The average molecular weight is 411 g/mol. The molecular formula is C23H30N4OS. The zero-order valence-electron chi connectivity index (χ0n) is 16.8. The van der Waals surface area contributed by atoms with Crippen molar-refractivity contribution in [2.24, 2.45) is 0 Å². The summed E-state index contributed by atoms with van der Waals surface area (Å²) in [4.78, 5) is 6.81. The monoisotopic (exact) mass is 410 g/mol. The number of rotatable bonds is 9. The summed E-state index contributed by atoms with van der Waals surface area (Å²) in [6.07, 6.45) is 9.78. The summed E-state index contributed by atoms with van der Waals surface area (Å²) >= 11 is 5.29. The highest BCUT2D eigenvalue weighted by Gasteiger charge is 2.10. The molecule has 2 heterocycles. The topological polar surface area (TPSA) is 49.4 Å². The molecule has 0 unspecified atom stereocenters. The Bertz CT molecular complexity index is 775. The van der Waals surface area contributed by atoms with Gasteiger partial charge in [-0.25, -0.2) is 4.98 Å². The van der Waals surface area contributed by atoms with Crippen LogP contribution in [0.1, 0.15) is 30.4 Å². The Kier molecular flexibility index (Phi) is 8.94. The molecule has 0 atom stereocenters. The van der Waals surface area contributed by atoms with Crippen molar-refractivity contribution >= 4 is 17.3 Å². The van der Waals surface area contributed by atoms with E-state index in [-0.39, 0.29) is 0 Å². The molecule has 1 saturated heterocycles. The molecule has 1 aliphatic rings. The van der Waals surface area contributed by atoms with Crippen molar-refractivity contribution in [1.29, 1.82) is 0 Å². The molecule has 3 rings (SSSR count). The molecule has 0 amide bonds. The normalized spacial score (nSPS) is 14.6. The van der Waals surface area contributed by atoms with Gasteiger partial charge in [-0.15, -0.1) is 0 Å². The van der Waals surface area contributed by atoms with E-state index in [1.54, 1.807) is 0 Å². The summed E-state index contributed by atoms with van der Waals surface area (Å²) in [5.41, 5.74) is 2.47. The van der Waals surface area contributed by atoms with Crippen molar-refractivity contribution in [3.8, 4) is 5.88 Å². The Balaban J connectivity index is 1.30. The quantitative estimate of drug-likeness (QED) is 0.486. The number of nitrogens with zero attached hydrogens (tertiary/aromatic N) is 2. The standard InChI is InChI=1S/C23H30N4OS/c29-23(26-18-20-9-3-1-4-10-20)25-12-5-8-16-28-22-17-21(11-13-24-22)19-27-14-6-2-7-15-27/h1,3-5,8-11,13,17H,2,6-7,12,14-16,18-19H2,(H2,25,26,29). The van der Waals surface area contributed by atoms with E-state index in [1.807, 2.05) is 42.6 Å². The Morgan fingerprint density at radius 2 is 1.86 bits per heavy atom. The number of piperidine rings is 1. The highest BCUT2D eigenvalue weighted by molar-refractivity contribution is 7.80. The van der Waals surface area contributed by atoms with E-state index in [1.165, 1.54) is 43.5 Å². The van der Waals surface area contributed by atoms with E-state index in [9.17, 15) is 0 Å². The van der Waals surface area contributed by atoms with Gasteiger partial charge in [0, 0.05) is 31.9 Å². The highest BCUT2D eigenvalue weighted by atomic mass is 32.1. The maximum atomic E-state index is 5.76. The number of benzene rings is 1. The predicted molar refractivity (Wildman–Crippen MR) is 122 cm³/mol. The Morgan fingerprint density at radius 1 is 1.03 bits per heavy atom. The number of aromatic nitrogens is 1. The molecule has 0 saturated carbocycles. The number of thiocarbonyl (C=S) groups is 1. The molecule has 5 nitrogen and oxygen atoms in total. The first-order valence-corrected chi connectivity index (χ1v) is 10.7. The van der Waals surface area contributed by atoms with Gasteiger partial charge in [0.1, 0.15) is 6.61 Å². The number of ether oxygens (including phenoxy) is 1. The molecule has 154 valence electrons. The van der Waals surface area contributed by atoms with Crippen LogP contribution < -0.4 is 15.4 Å². The molecule has 0 radical (unpaired) electrons. The third kappa shape index (κ3) is 8.21. The van der Waals surface area contributed by atoms with Gasteiger partial charge in [-0.05, 0) is 61.4 Å². The highest BCUT2D eigenvalue weighted by Crippen LogP contribution is 2.15. The lowest BCUT2D eigenvalue weighted by molar-refractivity contribution is 0.220. The van der Waals surface area contributed by atoms with Crippen LogP contribution in [0.3, 0.4) is 0 Å². The second-order valence-electron chi connectivity index (χ2n) is 7.17. The van der Waals surface area contributed by atoms with Gasteiger partial charge >= 0.3 is 0 Å². The van der Waals surface area contributed by atoms with Crippen LogP contribution in [0, 0.1) is 0 Å². The number of nitrogens with one attached hydrogen (secondary N) is 2. The minimum atomic E-state index is 0.492. The number of hydrogen-bond acceptors (Lipinski definition) is 4. The molecular weight excluding hydrogens is 380 g/mol. The van der Waals surface area contributed by atoms with E-state index in [4.69, 9.17) is 17.0 Å². The molecule has 1 aromatic carbocycles. The predicted octanol–water partition coefficient (Wildman–Crippen LogP) is 3.67. The van der Waals surface area contributed by atoms with E-state index >= 15 is 0 Å². The van der Waals surface area contributed by atoms with Gasteiger partial charge in [-0.2, -0.15) is 0 Å². The van der Waals surface area contributed by atoms with Crippen molar-refractivity contribution in [3.63, 3.8) is 0 Å². The number of pyridine rings is 1. The van der Waals surface area contributed by atoms with Crippen molar-refractivity contribution in [2.75, 3.05) is 26.2 Å². The van der Waals surface area contributed by atoms with Crippen LogP contribution >= 0.6 is 12.2 Å². The molecule has 29 heavy (non-hydrogen) atoms. The van der Waals surface area contributed by atoms with Gasteiger partial charge in [-0.3, -0.25) is 4.90 Å². The van der Waals surface area contributed by atoms with E-state index < -0.39 is 0 Å². The third-order valence-corrected chi connectivity index (χ3v) is 5.11. The summed E-state index contributed by atoms with van der Waals surface area (Å²) < 4.78 is 5.76. The summed E-state index contributed by atoms with van der Waals surface area (Å²) in [7, 11) is 0. The fraction of sp³-hybridized carbons (Fsp3) is 0.391. The fourth-order valence-corrected chi connectivity index (χ4v) is 3.44. The average Bonchev–Trinajstić information content (AvgIpc) is 2.76. The molecule has 2 N–H and O–H groups in total. The Labute approximate surface area is 179 Å². The zero-order valence-corrected chi connectivity index (χ0v) is 17.7.